The van der Waals surface area contributed by atoms with Crippen LogP contribution in [-0.4, -0.2) is 36.0 Å². The maximum absolute atomic E-state index is 12.0. The van der Waals surface area contributed by atoms with Crippen LogP contribution in [0.3, 0.4) is 0 Å². The Bertz CT molecular complexity index is 268. The molecule has 1 fully saturated rings. The average Bonchev–Trinajstić information content (AvgIpc) is 2.19. The first-order chi connectivity index (χ1) is 7.71. The Labute approximate surface area is 106 Å². The summed E-state index contributed by atoms with van der Waals surface area (Å²) < 4.78 is 0. The van der Waals surface area contributed by atoms with Gasteiger partial charge in [-0.3, -0.25) is 4.79 Å². The van der Waals surface area contributed by atoms with E-state index in [0.717, 1.165) is 19.5 Å². The number of carbonyl (C=O) groups is 1. The monoisotopic (exact) mass is 240 g/mol. The summed E-state index contributed by atoms with van der Waals surface area (Å²) in [5.74, 6) is 0.713. The molecule has 3 heteroatoms. The van der Waals surface area contributed by atoms with Crippen molar-refractivity contribution in [2.45, 2.75) is 60.0 Å². The van der Waals surface area contributed by atoms with Crippen LogP contribution in [0.5, 0.6) is 0 Å². The molecule has 1 amide bonds. The molecule has 0 bridgehead atoms. The number of hydrogen-bond donors (Lipinski definition) is 1. The van der Waals surface area contributed by atoms with Gasteiger partial charge in [-0.1, -0.05) is 27.7 Å². The van der Waals surface area contributed by atoms with E-state index in [-0.39, 0.29) is 11.3 Å². The second-order valence-electron chi connectivity index (χ2n) is 6.68. The van der Waals surface area contributed by atoms with Crippen LogP contribution in [0.4, 0.5) is 0 Å². The highest BCUT2D eigenvalue weighted by atomic mass is 16.2. The van der Waals surface area contributed by atoms with E-state index in [1.807, 2.05) is 20.8 Å². The van der Waals surface area contributed by atoms with E-state index in [4.69, 9.17) is 0 Å². The number of rotatable bonds is 2. The molecule has 1 rings (SSSR count). The lowest BCUT2D eigenvalue weighted by Gasteiger charge is -2.40. The zero-order chi connectivity index (χ0) is 13.2. The molecule has 1 saturated heterocycles. The van der Waals surface area contributed by atoms with Gasteiger partial charge in [0, 0.05) is 30.6 Å². The zero-order valence-electron chi connectivity index (χ0n) is 12.2. The van der Waals surface area contributed by atoms with E-state index in [1.165, 1.54) is 0 Å². The van der Waals surface area contributed by atoms with Crippen LogP contribution in [0.15, 0.2) is 0 Å². The summed E-state index contributed by atoms with van der Waals surface area (Å²) in [6, 6.07) is 0.952. The molecule has 3 nitrogen and oxygen atoms in total. The van der Waals surface area contributed by atoms with Gasteiger partial charge in [-0.2, -0.15) is 0 Å². The molecule has 0 spiro atoms. The molecule has 100 valence electrons. The van der Waals surface area contributed by atoms with Gasteiger partial charge in [-0.25, -0.2) is 0 Å². The molecule has 0 unspecified atom stereocenters. The van der Waals surface area contributed by atoms with Gasteiger partial charge in [-0.15, -0.1) is 0 Å². The summed E-state index contributed by atoms with van der Waals surface area (Å²) in [4.78, 5) is 14.5. The fourth-order valence-electron chi connectivity index (χ4n) is 2.25. The molecule has 1 N–H and O–H groups in total. The third-order valence-electron chi connectivity index (χ3n) is 3.66. The fraction of sp³-hybridized carbons (Fsp3) is 0.929. The fourth-order valence-corrected chi connectivity index (χ4v) is 2.25. The van der Waals surface area contributed by atoms with Crippen molar-refractivity contribution in [2.24, 2.45) is 11.3 Å². The number of carbonyl (C=O) groups excluding carboxylic acids is 1. The van der Waals surface area contributed by atoms with Crippen molar-refractivity contribution in [3.05, 3.63) is 0 Å². The van der Waals surface area contributed by atoms with Crippen molar-refractivity contribution < 1.29 is 4.79 Å². The van der Waals surface area contributed by atoms with Gasteiger partial charge in [0.1, 0.15) is 0 Å². The predicted octanol–water partition coefficient (Wildman–Crippen LogP) is 2.27. The van der Waals surface area contributed by atoms with Gasteiger partial charge >= 0.3 is 0 Å². The summed E-state index contributed by atoms with van der Waals surface area (Å²) in [7, 11) is 0. The minimum atomic E-state index is -0.283. The van der Waals surface area contributed by atoms with E-state index >= 15 is 0 Å². The summed E-state index contributed by atoms with van der Waals surface area (Å²) in [5.41, 5.74) is -0.283. The van der Waals surface area contributed by atoms with E-state index in [2.05, 4.69) is 31.0 Å². The number of nitrogens with zero attached hydrogens (tertiary/aromatic N) is 1. The number of nitrogens with one attached hydrogen (secondary N) is 1. The highest BCUT2D eigenvalue weighted by molar-refractivity contribution is 5.81. The molecular formula is C14H28N2O. The molecule has 0 radical (unpaired) electrons. The van der Waals surface area contributed by atoms with Gasteiger partial charge in [0.2, 0.25) is 5.91 Å². The molecule has 0 aromatic carbocycles. The van der Waals surface area contributed by atoms with Gasteiger partial charge in [-0.05, 0) is 26.2 Å². The standard InChI is InChI=1S/C14H28N2O/c1-10(2)16-8-7-12(11(3)9-16)15-13(17)14(4,5)6/h10-12H,7-9H2,1-6H3,(H,15,17)/t11-,12+/m0/s1. The van der Waals surface area contributed by atoms with Crippen molar-refractivity contribution >= 4 is 5.91 Å². The third-order valence-corrected chi connectivity index (χ3v) is 3.66. The number of piperidine rings is 1. The zero-order valence-corrected chi connectivity index (χ0v) is 12.2. The maximum atomic E-state index is 12.0. The minimum absolute atomic E-state index is 0.173. The van der Waals surface area contributed by atoms with E-state index < -0.39 is 0 Å². The highest BCUT2D eigenvalue weighted by Gasteiger charge is 2.31. The normalized spacial score (nSPS) is 27.2. The number of hydrogen-bond acceptors (Lipinski definition) is 2. The van der Waals surface area contributed by atoms with Crippen LogP contribution >= 0.6 is 0 Å². The molecular weight excluding hydrogens is 212 g/mol. The molecule has 0 aliphatic carbocycles. The largest absolute Gasteiger partial charge is 0.353 e. The smallest absolute Gasteiger partial charge is 0.225 e. The second-order valence-corrected chi connectivity index (χ2v) is 6.68. The van der Waals surface area contributed by atoms with E-state index in [1.54, 1.807) is 0 Å². The molecule has 1 aliphatic rings. The lowest BCUT2D eigenvalue weighted by atomic mass is 9.90. The molecule has 0 aromatic rings. The lowest BCUT2D eigenvalue weighted by molar-refractivity contribution is -0.130. The number of likely N-dealkylation sites (tertiary alicyclic amines) is 1. The van der Waals surface area contributed by atoms with Crippen LogP contribution in [0.1, 0.15) is 48.0 Å². The summed E-state index contributed by atoms with van der Waals surface area (Å²) in [5, 5.41) is 3.20. The Morgan fingerprint density at radius 1 is 1.35 bits per heavy atom. The van der Waals surface area contributed by atoms with Crippen LogP contribution in [0, 0.1) is 11.3 Å². The van der Waals surface area contributed by atoms with Crippen LogP contribution in [0.2, 0.25) is 0 Å². The van der Waals surface area contributed by atoms with Gasteiger partial charge in [0.15, 0.2) is 0 Å². The minimum Gasteiger partial charge on any atom is -0.353 e. The van der Waals surface area contributed by atoms with Crippen molar-refractivity contribution in [3.63, 3.8) is 0 Å². The SMILES string of the molecule is CC(C)N1CC[C@@H](NC(=O)C(C)(C)C)[C@@H](C)C1. The van der Waals surface area contributed by atoms with Crippen molar-refractivity contribution in [1.29, 1.82) is 0 Å². The Balaban J connectivity index is 2.51. The summed E-state index contributed by atoms with van der Waals surface area (Å²) >= 11 is 0. The lowest BCUT2D eigenvalue weighted by Crippen LogP contribution is -2.53. The van der Waals surface area contributed by atoms with Crippen molar-refractivity contribution in [2.75, 3.05) is 13.1 Å². The first kappa shape index (κ1) is 14.5. The molecule has 0 aromatic heterocycles. The quantitative estimate of drug-likeness (QED) is 0.803. The number of amides is 1. The Morgan fingerprint density at radius 2 is 1.94 bits per heavy atom. The molecule has 1 heterocycles. The molecule has 1 aliphatic heterocycles. The topological polar surface area (TPSA) is 32.3 Å². The molecule has 17 heavy (non-hydrogen) atoms. The summed E-state index contributed by atoms with van der Waals surface area (Å²) in [6.07, 6.45) is 1.07. The third kappa shape index (κ3) is 3.98. The van der Waals surface area contributed by atoms with E-state index in [9.17, 15) is 4.79 Å². The summed E-state index contributed by atoms with van der Waals surface area (Å²) in [6.45, 7) is 14.8. The second kappa shape index (κ2) is 5.38. The Morgan fingerprint density at radius 3 is 2.35 bits per heavy atom. The average molecular weight is 240 g/mol. The van der Waals surface area contributed by atoms with Crippen LogP contribution < -0.4 is 5.32 Å². The Hall–Kier alpha value is -0.570. The Kier molecular flexibility index (Phi) is 4.59. The van der Waals surface area contributed by atoms with Crippen LogP contribution in [0.25, 0.3) is 0 Å². The van der Waals surface area contributed by atoms with Gasteiger partial charge < -0.3 is 10.2 Å². The van der Waals surface area contributed by atoms with Gasteiger partial charge in [0.05, 0.1) is 0 Å². The maximum Gasteiger partial charge on any atom is 0.225 e. The van der Waals surface area contributed by atoms with Crippen LogP contribution in [-0.2, 0) is 4.79 Å². The first-order valence-corrected chi connectivity index (χ1v) is 6.77. The first-order valence-electron chi connectivity index (χ1n) is 6.77. The van der Waals surface area contributed by atoms with Gasteiger partial charge in [0.25, 0.3) is 0 Å². The highest BCUT2D eigenvalue weighted by Crippen LogP contribution is 2.21. The molecule has 2 atom stereocenters. The predicted molar refractivity (Wildman–Crippen MR) is 71.9 cm³/mol. The van der Waals surface area contributed by atoms with E-state index in [0.29, 0.717) is 18.0 Å². The molecule has 0 saturated carbocycles. The van der Waals surface area contributed by atoms with Crippen molar-refractivity contribution in [1.82, 2.24) is 10.2 Å². The van der Waals surface area contributed by atoms with Crippen molar-refractivity contribution in [3.8, 4) is 0 Å².